The minimum Gasteiger partial charge on any atom is -0.0924 e. The molecule has 4 unspecified atom stereocenters. The van der Waals surface area contributed by atoms with Crippen LogP contribution < -0.4 is 0 Å². The molecule has 2 aliphatic carbocycles. The van der Waals surface area contributed by atoms with Gasteiger partial charge in [-0.1, -0.05) is 43.5 Å². The van der Waals surface area contributed by atoms with Gasteiger partial charge in [0.25, 0.3) is 0 Å². The summed E-state index contributed by atoms with van der Waals surface area (Å²) < 4.78 is 0. The van der Waals surface area contributed by atoms with Crippen LogP contribution in [0.4, 0.5) is 0 Å². The summed E-state index contributed by atoms with van der Waals surface area (Å²) in [6.07, 6.45) is 29.7. The van der Waals surface area contributed by atoms with Crippen LogP contribution in [-0.4, -0.2) is 22.6 Å². The van der Waals surface area contributed by atoms with Gasteiger partial charge in [0.05, 0.1) is 0 Å². The van der Waals surface area contributed by atoms with E-state index in [9.17, 15) is 0 Å². The maximum absolute atomic E-state index is 2.36. The topological polar surface area (TPSA) is 0 Å². The maximum Gasteiger partial charge on any atom is 0.00803 e. The molecular weight excluding hydrogens is 430 g/mol. The normalized spacial score (nSPS) is 38.1. The molecule has 4 aliphatic rings. The molecule has 162 valence electrons. The average Bonchev–Trinajstić information content (AvgIpc) is 3.52. The van der Waals surface area contributed by atoms with Gasteiger partial charge in [-0.05, 0) is 125 Å². The fourth-order valence-electron chi connectivity index (χ4n) is 5.44. The second kappa shape index (κ2) is 13.8. The third kappa shape index (κ3) is 6.69. The van der Waals surface area contributed by atoms with Crippen molar-refractivity contribution in [2.24, 2.45) is 0 Å². The van der Waals surface area contributed by atoms with Crippen LogP contribution in [0.1, 0.15) is 79.1 Å². The smallest absolute Gasteiger partial charge is 0.00803 e. The molecule has 3 heteroatoms. The molecule has 2 saturated heterocycles. The molecule has 2 saturated carbocycles. The van der Waals surface area contributed by atoms with E-state index in [1.807, 2.05) is 0 Å². The summed E-state index contributed by atoms with van der Waals surface area (Å²) in [5, 5.41) is 0. The maximum atomic E-state index is 2.36. The van der Waals surface area contributed by atoms with Crippen LogP contribution in [0.2, 0.25) is 0 Å². The van der Waals surface area contributed by atoms with Crippen LogP contribution in [-0.2, 0) is 17.1 Å². The van der Waals surface area contributed by atoms with Gasteiger partial charge >= 0.3 is 0 Å². The van der Waals surface area contributed by atoms with Crippen LogP contribution in [0.5, 0.6) is 0 Å². The first-order valence-corrected chi connectivity index (χ1v) is 14.7. The van der Waals surface area contributed by atoms with Crippen LogP contribution in [0.3, 0.4) is 0 Å². The van der Waals surface area contributed by atoms with E-state index in [0.717, 1.165) is 22.6 Å². The van der Waals surface area contributed by atoms with Crippen molar-refractivity contribution in [1.82, 2.24) is 0 Å². The minimum absolute atomic E-state index is 0. The van der Waals surface area contributed by atoms with Gasteiger partial charge < -0.3 is 0 Å². The zero-order chi connectivity index (χ0) is 19.9. The Balaban J connectivity index is 0.000000200. The average molecular weight is 470 g/mol. The van der Waals surface area contributed by atoms with Crippen molar-refractivity contribution in [2.75, 3.05) is 0 Å². The van der Waals surface area contributed by atoms with E-state index in [1.54, 1.807) is 11.3 Å². The molecule has 0 aromatic heterocycles. The third-order valence-corrected chi connectivity index (χ3v) is 14.4. The van der Waals surface area contributed by atoms with Gasteiger partial charge in [-0.25, -0.2) is 0 Å². The molecule has 2 aliphatic heterocycles. The van der Waals surface area contributed by atoms with Gasteiger partial charge in [0.2, 0.25) is 0 Å². The molecule has 0 bridgehead atoms. The molecule has 0 aromatic carbocycles. The zero-order valence-electron chi connectivity index (χ0n) is 18.8. The Morgan fingerprint density at radius 3 is 1.00 bits per heavy atom. The summed E-state index contributed by atoms with van der Waals surface area (Å²) in [5.74, 6) is 0. The fraction of sp³-hybridized carbons (Fsp3) is 0.615. The Kier molecular flexibility index (Phi) is 12.7. The van der Waals surface area contributed by atoms with Gasteiger partial charge in [0.15, 0.2) is 0 Å². The summed E-state index contributed by atoms with van der Waals surface area (Å²) in [6, 6.07) is 0. The van der Waals surface area contributed by atoms with E-state index >= 15 is 0 Å². The molecule has 4 rings (SSSR count). The largest absolute Gasteiger partial charge is 0.0924 e. The van der Waals surface area contributed by atoms with Crippen molar-refractivity contribution in [3.8, 4) is 0 Å². The number of rotatable bonds is 6. The van der Waals surface area contributed by atoms with Crippen LogP contribution in [0.25, 0.3) is 0 Å². The number of hydrogen-bond donors (Lipinski definition) is 0. The van der Waals surface area contributed by atoms with E-state index in [2.05, 4.69) is 79.1 Å². The predicted octanol–water partition coefficient (Wildman–Crippen LogP) is 8.36. The van der Waals surface area contributed by atoms with E-state index in [1.165, 1.54) is 51.4 Å². The Morgan fingerprint density at radius 2 is 0.793 bits per heavy atom. The van der Waals surface area contributed by atoms with Crippen LogP contribution in [0.15, 0.2) is 0 Å². The van der Waals surface area contributed by atoms with E-state index < -0.39 is 0 Å². The van der Waals surface area contributed by atoms with Crippen LogP contribution >= 0.6 is 15.8 Å². The molecule has 0 nitrogen and oxygen atoms in total. The van der Waals surface area contributed by atoms with Crippen molar-refractivity contribution in [1.29, 1.82) is 0 Å². The van der Waals surface area contributed by atoms with Crippen molar-refractivity contribution in [2.45, 2.75) is 102 Å². The standard InChI is InChI=1S/2C13H20P.Fe/c2*1-3-11-9-10-12(4-2)14(11)13-7-5-6-8-13;/h2*5-8,11-12H,3-4,9-10H2,1-2H3;. The summed E-state index contributed by atoms with van der Waals surface area (Å²) in [7, 11) is 0.340. The first-order valence-electron chi connectivity index (χ1n) is 11.7. The Morgan fingerprint density at radius 1 is 0.552 bits per heavy atom. The van der Waals surface area contributed by atoms with Crippen molar-refractivity contribution >= 4 is 15.8 Å². The predicted molar refractivity (Wildman–Crippen MR) is 130 cm³/mol. The molecule has 29 heavy (non-hydrogen) atoms. The van der Waals surface area contributed by atoms with E-state index in [-0.39, 0.29) is 32.9 Å². The quantitative estimate of drug-likeness (QED) is 0.270. The van der Waals surface area contributed by atoms with Crippen molar-refractivity contribution < 1.29 is 17.1 Å². The summed E-state index contributed by atoms with van der Waals surface area (Å²) in [5.41, 5.74) is 7.37. The molecule has 10 radical (unpaired) electrons. The second-order valence-electron chi connectivity index (χ2n) is 8.50. The zero-order valence-corrected chi connectivity index (χ0v) is 21.7. The van der Waals surface area contributed by atoms with E-state index in [0.29, 0.717) is 0 Å². The Labute approximate surface area is 196 Å². The van der Waals surface area contributed by atoms with Gasteiger partial charge in [0, 0.05) is 28.4 Å². The Hall–Kier alpha value is 1.38. The molecule has 0 N–H and O–H groups in total. The van der Waals surface area contributed by atoms with Crippen molar-refractivity contribution in [3.63, 3.8) is 0 Å². The van der Waals surface area contributed by atoms with Crippen LogP contribution in [0, 0.1) is 62.7 Å². The number of hydrogen-bond acceptors (Lipinski definition) is 0. The molecular formula is C26H40FeP2. The molecule has 0 aromatic rings. The summed E-state index contributed by atoms with van der Waals surface area (Å²) in [6.45, 7) is 9.45. The van der Waals surface area contributed by atoms with E-state index in [4.69, 9.17) is 0 Å². The van der Waals surface area contributed by atoms with Gasteiger partial charge in [-0.2, -0.15) is 0 Å². The molecule has 0 spiro atoms. The van der Waals surface area contributed by atoms with Crippen molar-refractivity contribution in [3.05, 3.63) is 62.7 Å². The van der Waals surface area contributed by atoms with Gasteiger partial charge in [0.1, 0.15) is 0 Å². The third-order valence-electron chi connectivity index (χ3n) is 7.01. The first-order chi connectivity index (χ1) is 13.7. The first kappa shape index (κ1) is 26.6. The minimum atomic E-state index is 0. The summed E-state index contributed by atoms with van der Waals surface area (Å²) in [4.78, 5) is 0. The fourth-order valence-corrected chi connectivity index (χ4v) is 12.6. The van der Waals surface area contributed by atoms with Gasteiger partial charge in [-0.3, -0.25) is 0 Å². The molecule has 4 atom stereocenters. The Bertz CT molecular complexity index is 366. The second-order valence-corrected chi connectivity index (χ2v) is 14.1. The molecule has 4 fully saturated rings. The van der Waals surface area contributed by atoms with Gasteiger partial charge in [-0.15, -0.1) is 0 Å². The monoisotopic (exact) mass is 470 g/mol. The molecule has 2 heterocycles. The summed E-state index contributed by atoms with van der Waals surface area (Å²) >= 11 is 0. The SMILES string of the molecule is CCC1CCC(CC)P1[C]1[CH][CH][CH][CH]1.CCC1CCC(CC)P1[C]1[CH][CH][CH][CH]1.[Fe]. The molecule has 0 amide bonds.